The van der Waals surface area contributed by atoms with Crippen LogP contribution in [0.5, 0.6) is 0 Å². The summed E-state index contributed by atoms with van der Waals surface area (Å²) in [7, 11) is 0. The maximum absolute atomic E-state index is 2.27. The first-order chi connectivity index (χ1) is 11.4. The molecular weight excluding hydrogens is 296 g/mol. The molecule has 0 bridgehead atoms. The topological polar surface area (TPSA) is 0 Å². The van der Waals surface area contributed by atoms with Gasteiger partial charge in [-0.1, -0.05) is 73.9 Å². The van der Waals surface area contributed by atoms with E-state index >= 15 is 0 Å². The quantitative estimate of drug-likeness (QED) is 0.250. The van der Waals surface area contributed by atoms with E-state index in [9.17, 15) is 0 Å². The molecule has 0 spiro atoms. The predicted molar refractivity (Wildman–Crippen MR) is 105 cm³/mol. The molecule has 0 fully saturated rings. The zero-order valence-corrected chi connectivity index (χ0v) is 15.0. The van der Waals surface area contributed by atoms with Crippen LogP contribution in [0.1, 0.15) is 45.4 Å². The maximum Gasteiger partial charge on any atom is 0.00723 e. The maximum atomic E-state index is 2.27. The Labute approximate surface area is 146 Å². The lowest BCUT2D eigenvalue weighted by atomic mass is 10.1. The highest BCUT2D eigenvalue weighted by atomic mass is 32.2. The molecule has 1 heteroatoms. The van der Waals surface area contributed by atoms with E-state index in [0.29, 0.717) is 0 Å². The fourth-order valence-corrected chi connectivity index (χ4v) is 3.54. The predicted octanol–water partition coefficient (Wildman–Crippen LogP) is 7.36. The fourth-order valence-electron chi connectivity index (χ4n) is 2.63. The first kappa shape index (κ1) is 17.9. The summed E-state index contributed by atoms with van der Waals surface area (Å²) in [5.41, 5.74) is 2.60. The van der Waals surface area contributed by atoms with Crippen molar-refractivity contribution in [2.75, 3.05) is 5.75 Å². The van der Waals surface area contributed by atoms with E-state index in [4.69, 9.17) is 0 Å². The molecule has 0 aliphatic carbocycles. The molecule has 122 valence electrons. The minimum atomic E-state index is 1.24. The lowest BCUT2D eigenvalue weighted by molar-refractivity contribution is 0.640. The highest BCUT2D eigenvalue weighted by Crippen LogP contribution is 2.25. The van der Waals surface area contributed by atoms with Crippen molar-refractivity contribution in [3.8, 4) is 11.1 Å². The van der Waals surface area contributed by atoms with Crippen LogP contribution in [-0.2, 0) is 0 Å². The number of benzene rings is 2. The van der Waals surface area contributed by atoms with E-state index < -0.39 is 0 Å². The minimum Gasteiger partial charge on any atom is -0.126 e. The number of hydrogen-bond acceptors (Lipinski definition) is 1. The van der Waals surface area contributed by atoms with Gasteiger partial charge in [0.2, 0.25) is 0 Å². The molecule has 0 atom stereocenters. The molecule has 0 saturated carbocycles. The van der Waals surface area contributed by atoms with Crippen molar-refractivity contribution >= 4 is 11.8 Å². The van der Waals surface area contributed by atoms with Gasteiger partial charge >= 0.3 is 0 Å². The number of thioether (sulfide) groups is 1. The minimum absolute atomic E-state index is 1.24. The SMILES string of the molecule is CC=CCCCCCCCSc1ccc(-c2ccccc2)cc1. The van der Waals surface area contributed by atoms with Crippen LogP contribution in [0, 0.1) is 0 Å². The summed E-state index contributed by atoms with van der Waals surface area (Å²) in [5, 5.41) is 0. The molecule has 2 aromatic rings. The van der Waals surface area contributed by atoms with Gasteiger partial charge in [0.05, 0.1) is 0 Å². The summed E-state index contributed by atoms with van der Waals surface area (Å²) in [4.78, 5) is 1.39. The molecule has 2 aromatic carbocycles. The Bertz CT molecular complexity index is 554. The summed E-state index contributed by atoms with van der Waals surface area (Å²) in [6.07, 6.45) is 12.5. The molecule has 0 heterocycles. The fraction of sp³-hybridized carbons (Fsp3) is 0.364. The van der Waals surface area contributed by atoms with E-state index in [0.717, 1.165) is 0 Å². The summed E-state index contributed by atoms with van der Waals surface area (Å²) in [6, 6.07) is 19.6. The molecule has 0 amide bonds. The zero-order chi connectivity index (χ0) is 16.2. The van der Waals surface area contributed by atoms with Gasteiger partial charge < -0.3 is 0 Å². The van der Waals surface area contributed by atoms with Crippen LogP contribution in [0.15, 0.2) is 71.6 Å². The normalized spacial score (nSPS) is 11.2. The van der Waals surface area contributed by atoms with Crippen LogP contribution >= 0.6 is 11.8 Å². The van der Waals surface area contributed by atoms with Gasteiger partial charge in [0.1, 0.15) is 0 Å². The van der Waals surface area contributed by atoms with E-state index in [1.54, 1.807) is 0 Å². The van der Waals surface area contributed by atoms with Gasteiger partial charge in [0.15, 0.2) is 0 Å². The Kier molecular flexibility index (Phi) is 8.65. The van der Waals surface area contributed by atoms with Gasteiger partial charge in [-0.2, -0.15) is 0 Å². The first-order valence-electron chi connectivity index (χ1n) is 8.79. The summed E-state index contributed by atoms with van der Waals surface area (Å²) in [5.74, 6) is 1.24. The molecule has 0 aliphatic rings. The standard InChI is InChI=1S/C22H28S/c1-2-3-4-5-6-7-8-12-19-23-22-17-15-21(16-18-22)20-13-10-9-11-14-20/h2-3,9-11,13-18H,4-8,12,19H2,1H3. The van der Waals surface area contributed by atoms with Crippen LogP contribution in [0.4, 0.5) is 0 Å². The number of hydrogen-bond donors (Lipinski definition) is 0. The second-order valence-corrected chi connectivity index (χ2v) is 7.03. The third kappa shape index (κ3) is 7.09. The third-order valence-corrected chi connectivity index (χ3v) is 5.08. The smallest absolute Gasteiger partial charge is 0.00723 e. The molecule has 23 heavy (non-hydrogen) atoms. The second-order valence-electron chi connectivity index (χ2n) is 5.86. The Morgan fingerprint density at radius 3 is 2.13 bits per heavy atom. The van der Waals surface area contributed by atoms with Crippen LogP contribution in [0.25, 0.3) is 11.1 Å². The summed E-state index contributed by atoms with van der Waals surface area (Å²) < 4.78 is 0. The first-order valence-corrected chi connectivity index (χ1v) is 9.78. The third-order valence-electron chi connectivity index (χ3n) is 3.98. The molecule has 0 nitrogen and oxygen atoms in total. The van der Waals surface area contributed by atoms with Gasteiger partial charge in [0, 0.05) is 4.90 Å². The molecule has 0 saturated heterocycles. The molecular formula is C22H28S. The van der Waals surface area contributed by atoms with E-state index in [-0.39, 0.29) is 0 Å². The van der Waals surface area contributed by atoms with Gasteiger partial charge in [-0.3, -0.25) is 0 Å². The second kappa shape index (κ2) is 11.1. The van der Waals surface area contributed by atoms with Gasteiger partial charge in [-0.15, -0.1) is 11.8 Å². The molecule has 0 aliphatic heterocycles. The monoisotopic (exact) mass is 324 g/mol. The van der Waals surface area contributed by atoms with Crippen molar-refractivity contribution in [2.24, 2.45) is 0 Å². The van der Waals surface area contributed by atoms with Crippen LogP contribution in [0.2, 0.25) is 0 Å². The van der Waals surface area contributed by atoms with E-state index in [2.05, 4.69) is 73.7 Å². The van der Waals surface area contributed by atoms with Crippen LogP contribution in [0.3, 0.4) is 0 Å². The van der Waals surface area contributed by atoms with Crippen molar-refractivity contribution in [1.82, 2.24) is 0 Å². The number of rotatable bonds is 10. The lowest BCUT2D eigenvalue weighted by Gasteiger charge is -2.05. The Morgan fingerprint density at radius 1 is 0.739 bits per heavy atom. The van der Waals surface area contributed by atoms with Gasteiger partial charge in [0.25, 0.3) is 0 Å². The highest BCUT2D eigenvalue weighted by molar-refractivity contribution is 7.99. The molecule has 0 aromatic heterocycles. The lowest BCUT2D eigenvalue weighted by Crippen LogP contribution is -1.83. The molecule has 0 unspecified atom stereocenters. The largest absolute Gasteiger partial charge is 0.126 e. The van der Waals surface area contributed by atoms with Gasteiger partial charge in [-0.05, 0) is 55.2 Å². The summed E-state index contributed by atoms with van der Waals surface area (Å²) in [6.45, 7) is 2.10. The molecule has 2 rings (SSSR count). The Morgan fingerprint density at radius 2 is 1.39 bits per heavy atom. The van der Waals surface area contributed by atoms with Crippen LogP contribution < -0.4 is 0 Å². The number of unbranched alkanes of at least 4 members (excludes halogenated alkanes) is 5. The summed E-state index contributed by atoms with van der Waals surface area (Å²) >= 11 is 1.99. The van der Waals surface area contributed by atoms with Crippen LogP contribution in [-0.4, -0.2) is 5.75 Å². The average molecular weight is 325 g/mol. The van der Waals surface area contributed by atoms with Crippen molar-refractivity contribution in [2.45, 2.75) is 50.3 Å². The zero-order valence-electron chi connectivity index (χ0n) is 14.2. The Hall–Kier alpha value is -1.47. The average Bonchev–Trinajstić information content (AvgIpc) is 2.62. The highest BCUT2D eigenvalue weighted by Gasteiger charge is 1.98. The van der Waals surface area contributed by atoms with Crippen molar-refractivity contribution in [3.63, 3.8) is 0 Å². The molecule has 0 radical (unpaired) electrons. The van der Waals surface area contributed by atoms with Gasteiger partial charge in [-0.25, -0.2) is 0 Å². The van der Waals surface area contributed by atoms with E-state index in [1.807, 2.05) is 11.8 Å². The van der Waals surface area contributed by atoms with E-state index in [1.165, 1.54) is 60.3 Å². The molecule has 0 N–H and O–H groups in total. The van der Waals surface area contributed by atoms with Crippen molar-refractivity contribution in [1.29, 1.82) is 0 Å². The Balaban J connectivity index is 1.61. The van der Waals surface area contributed by atoms with Crippen molar-refractivity contribution < 1.29 is 0 Å². The number of allylic oxidation sites excluding steroid dienone is 2. The van der Waals surface area contributed by atoms with Crippen molar-refractivity contribution in [3.05, 3.63) is 66.7 Å².